The first-order chi connectivity index (χ1) is 5.91. The fourth-order valence-corrected chi connectivity index (χ4v) is 0.640. The van der Waals surface area contributed by atoms with Gasteiger partial charge in [-0.2, -0.15) is 0 Å². The summed E-state index contributed by atoms with van der Waals surface area (Å²) in [5.74, 6) is 0. The van der Waals surface area contributed by atoms with Crippen molar-refractivity contribution in [3.63, 3.8) is 0 Å². The predicted octanol–water partition coefficient (Wildman–Crippen LogP) is 0.950. The number of hydrogen-bond acceptors (Lipinski definition) is 3. The Morgan fingerprint density at radius 2 is 1.25 bits per heavy atom. The van der Waals surface area contributed by atoms with Crippen molar-refractivity contribution in [2.45, 2.75) is 31.5 Å². The van der Waals surface area contributed by atoms with Crippen LogP contribution in [0.15, 0.2) is 0 Å². The van der Waals surface area contributed by atoms with Gasteiger partial charge in [-0.3, -0.25) is 14.4 Å². The summed E-state index contributed by atoms with van der Waals surface area (Å²) in [5, 5.41) is 1.17. The second kappa shape index (κ2) is 76.8. The molecule has 0 rings (SSSR count). The van der Waals surface area contributed by atoms with Crippen LogP contribution in [-0.4, -0.2) is 20.4 Å². The third-order valence-electron chi connectivity index (χ3n) is 0.737. The van der Waals surface area contributed by atoms with Crippen molar-refractivity contribution < 1.29 is 30.4 Å². The normalized spacial score (nSPS) is 5.50. The van der Waals surface area contributed by atoms with E-state index in [1.807, 2.05) is 0 Å². The molecule has 68 valence electrons. The summed E-state index contributed by atoms with van der Waals surface area (Å²) >= 11 is 3.35. The minimum Gasteiger partial charge on any atom is -0.281 e. The van der Waals surface area contributed by atoms with Crippen LogP contribution in [-0.2, 0) is 30.4 Å². The van der Waals surface area contributed by atoms with Crippen molar-refractivity contribution in [3.8, 4) is 0 Å². The van der Waals surface area contributed by atoms with Gasteiger partial charge in [0.2, 0.25) is 0 Å². The summed E-state index contributed by atoms with van der Waals surface area (Å²) in [6, 6.07) is 0. The van der Waals surface area contributed by atoms with E-state index in [4.69, 9.17) is 14.4 Å². The van der Waals surface area contributed by atoms with Crippen molar-refractivity contribution in [1.82, 2.24) is 0 Å². The molecule has 0 unspecified atom stereocenters. The summed E-state index contributed by atoms with van der Waals surface area (Å²) < 4.78 is 0. The predicted molar refractivity (Wildman–Crippen MR) is 41.4 cm³/mol. The van der Waals surface area contributed by atoms with Crippen LogP contribution >= 0.6 is 0 Å². The topological polar surface area (TPSA) is 51.2 Å². The van der Waals surface area contributed by atoms with E-state index in [0.29, 0.717) is 0 Å². The van der Waals surface area contributed by atoms with Gasteiger partial charge in [0.25, 0.3) is 20.4 Å². The van der Waals surface area contributed by atoms with E-state index in [1.165, 1.54) is 24.6 Å². The molecule has 0 aromatic heterocycles. The molecule has 0 saturated carbocycles. The molecule has 0 aliphatic carbocycles. The summed E-state index contributed by atoms with van der Waals surface area (Å²) in [6.45, 7) is 15.7. The summed E-state index contributed by atoms with van der Waals surface area (Å²) in [4.78, 5) is 22.5. The minimum absolute atomic E-state index is 1.17. The Kier molecular flexibility index (Phi) is 144. The van der Waals surface area contributed by atoms with Gasteiger partial charge in [0.1, 0.15) is 0 Å². The first-order valence-electron chi connectivity index (χ1n) is 3.09. The Morgan fingerprint density at radius 3 is 1.33 bits per heavy atom. The standard InChI is InChI=1S/C5H11.3CO.Mn/c1-3-5-4-2;3*1-2;/h1,3-5H2,2H3;;;;. The van der Waals surface area contributed by atoms with Gasteiger partial charge in [-0.15, -0.1) is 0 Å². The third-order valence-corrected chi connectivity index (χ3v) is 1.15. The zero-order valence-corrected chi connectivity index (χ0v) is 8.11. The zero-order chi connectivity index (χ0) is 10.8. The van der Waals surface area contributed by atoms with E-state index < -0.39 is 0 Å². The molecule has 0 aromatic carbocycles. The van der Waals surface area contributed by atoms with Crippen LogP contribution in [0.1, 0.15) is 26.2 Å². The molecule has 0 saturated heterocycles. The van der Waals surface area contributed by atoms with Crippen molar-refractivity contribution in [3.05, 3.63) is 0 Å². The van der Waals surface area contributed by atoms with Crippen molar-refractivity contribution in [2.75, 3.05) is 0 Å². The van der Waals surface area contributed by atoms with Gasteiger partial charge >= 0.3 is 47.5 Å². The molecule has 0 N–H and O–H groups in total. The Morgan fingerprint density at radius 1 is 0.917 bits per heavy atom. The fourth-order valence-electron chi connectivity index (χ4n) is 0.344. The number of rotatable bonds is 3. The van der Waals surface area contributed by atoms with E-state index in [9.17, 15) is 0 Å². The summed E-state index contributed by atoms with van der Waals surface area (Å²) in [7, 11) is 0. The van der Waals surface area contributed by atoms with Gasteiger partial charge in [0.05, 0.1) is 0 Å². The van der Waals surface area contributed by atoms with Crippen LogP contribution in [0.5, 0.6) is 0 Å². The molecule has 0 aliphatic rings. The molecular weight excluding hydrogens is 199 g/mol. The first kappa shape index (κ1) is 22.5. The Bertz CT molecular complexity index is 44.8. The smallest absolute Gasteiger partial charge is 0.281 e. The molecule has 4 heteroatoms. The van der Waals surface area contributed by atoms with Crippen LogP contribution in [0.4, 0.5) is 0 Å². The number of carbonyl (C=O) groups excluding carboxylic acids is 3. The van der Waals surface area contributed by atoms with E-state index >= 15 is 0 Å². The Hall–Kier alpha value is -0.471. The van der Waals surface area contributed by atoms with Gasteiger partial charge in [-0.25, -0.2) is 0 Å². The fraction of sp³-hybridized carbons (Fsp3) is 0.625. The van der Waals surface area contributed by atoms with E-state index in [1.54, 1.807) is 0 Å². The minimum atomic E-state index is 1.17. The maximum absolute atomic E-state index is 7.50. The molecule has 0 atom stereocenters. The Balaban J connectivity index is -0.0000000453. The molecule has 0 aromatic rings. The van der Waals surface area contributed by atoms with Crippen LogP contribution in [0.3, 0.4) is 0 Å². The van der Waals surface area contributed by atoms with E-state index in [2.05, 4.69) is 43.3 Å². The number of hydrogen-bond donors (Lipinski definition) is 0. The molecule has 0 fully saturated rings. The SMILES string of the molecule is CCCC[CH2][Mn].[C]=O.[C]=O.[C]=O. The van der Waals surface area contributed by atoms with Crippen LogP contribution in [0.2, 0.25) is 5.32 Å². The van der Waals surface area contributed by atoms with Gasteiger partial charge in [0.15, 0.2) is 0 Å². The van der Waals surface area contributed by atoms with Crippen molar-refractivity contribution in [1.29, 1.82) is 0 Å². The zero-order valence-electron chi connectivity index (χ0n) is 6.93. The average Bonchev–Trinajstić information content (AvgIpc) is 2.24. The van der Waals surface area contributed by atoms with Crippen molar-refractivity contribution in [2.24, 2.45) is 0 Å². The molecule has 0 bridgehead atoms. The quantitative estimate of drug-likeness (QED) is 0.514. The summed E-state index contributed by atoms with van der Waals surface area (Å²) in [5.41, 5.74) is 0. The second-order valence-electron chi connectivity index (χ2n) is 1.40. The molecule has 0 heterocycles. The van der Waals surface area contributed by atoms with Gasteiger partial charge in [-0.05, 0) is 0 Å². The maximum Gasteiger partial charge on any atom is 0.281 e. The van der Waals surface area contributed by atoms with E-state index in [0.717, 1.165) is 0 Å². The van der Waals surface area contributed by atoms with E-state index in [-0.39, 0.29) is 0 Å². The molecule has 12 heavy (non-hydrogen) atoms. The molecular formula is C8H11MnO3. The first-order valence-corrected chi connectivity index (χ1v) is 3.92. The third kappa shape index (κ3) is 108. The molecule has 0 amide bonds. The summed E-state index contributed by atoms with van der Waals surface area (Å²) in [6.07, 6.45) is 4.02. The largest absolute Gasteiger partial charge is 0.281 e. The maximum atomic E-state index is 7.50. The molecule has 0 aliphatic heterocycles. The van der Waals surface area contributed by atoms with Crippen LogP contribution in [0.25, 0.3) is 0 Å². The van der Waals surface area contributed by atoms with Crippen LogP contribution in [0, 0.1) is 0 Å². The Labute approximate surface area is 82.7 Å². The molecule has 6 radical (unpaired) electrons. The average molecular weight is 210 g/mol. The van der Waals surface area contributed by atoms with Gasteiger partial charge < -0.3 is 0 Å². The monoisotopic (exact) mass is 210 g/mol. The second-order valence-corrected chi connectivity index (χ2v) is 1.99. The van der Waals surface area contributed by atoms with Gasteiger partial charge in [0, 0.05) is 0 Å². The van der Waals surface area contributed by atoms with Gasteiger partial charge in [-0.1, -0.05) is 0 Å². The van der Waals surface area contributed by atoms with Crippen molar-refractivity contribution >= 4 is 20.4 Å². The number of unbranched alkanes of at least 4 members (excludes halogenated alkanes) is 2. The van der Waals surface area contributed by atoms with Crippen LogP contribution < -0.4 is 0 Å². The molecule has 0 spiro atoms. The molecule has 3 nitrogen and oxygen atoms in total.